The number of benzene rings is 1. The van der Waals surface area contributed by atoms with Crippen LogP contribution in [-0.2, 0) is 40.0 Å². The maximum Gasteiger partial charge on any atom is 0.350 e. The molecule has 0 bridgehead atoms. The zero-order chi connectivity index (χ0) is 41.6. The van der Waals surface area contributed by atoms with E-state index in [1.165, 1.54) is 36.9 Å². The van der Waals surface area contributed by atoms with Gasteiger partial charge >= 0.3 is 17.6 Å². The number of hydrogen-bond acceptors (Lipinski definition) is 11. The van der Waals surface area contributed by atoms with Gasteiger partial charge in [0.25, 0.3) is 0 Å². The summed E-state index contributed by atoms with van der Waals surface area (Å²) in [6.07, 6.45) is 4.22. The molecule has 0 aliphatic heterocycles. The Morgan fingerprint density at radius 1 is 1.04 bits per heavy atom. The summed E-state index contributed by atoms with van der Waals surface area (Å²) < 4.78 is 14.2. The predicted octanol–water partition coefficient (Wildman–Crippen LogP) is 4.86. The number of carbonyl (C=O) groups is 5. The molecule has 0 saturated heterocycles. The Balaban J connectivity index is 1.27. The van der Waals surface area contributed by atoms with Crippen LogP contribution in [0.3, 0.4) is 0 Å². The van der Waals surface area contributed by atoms with Crippen LogP contribution < -0.4 is 5.69 Å². The molecule has 56 heavy (non-hydrogen) atoms. The molecule has 3 fully saturated rings. The van der Waals surface area contributed by atoms with Crippen molar-refractivity contribution in [1.29, 1.82) is 0 Å². The second-order valence-electron chi connectivity index (χ2n) is 18.1. The summed E-state index contributed by atoms with van der Waals surface area (Å²) >= 11 is 3.37. The van der Waals surface area contributed by atoms with Crippen molar-refractivity contribution in [2.24, 2.45) is 39.4 Å². The predicted molar refractivity (Wildman–Crippen MR) is 207 cm³/mol. The van der Waals surface area contributed by atoms with Crippen molar-refractivity contribution in [1.82, 2.24) is 14.3 Å². The Kier molecular flexibility index (Phi) is 10.3. The SMILES string of the molecule is CC(=O)OC(C)(C)/C=C/C(=O)[C@](C)(O)[C@H]1[C@H](O)C[C@@]2(C)[C@@H]3CC=C4[C@@H](C[C@H](OC(=O)Cn5ncn(-c6ccc(Br)cc6)c5=O)C(=O)C4(C)C)[C@]3(C)C(=O)C[C@]12C. The number of aromatic nitrogens is 3. The molecule has 0 unspecified atom stereocenters. The Hall–Kier alpha value is -4.01. The summed E-state index contributed by atoms with van der Waals surface area (Å²) in [4.78, 5) is 80.7. The van der Waals surface area contributed by atoms with Gasteiger partial charge in [0.15, 0.2) is 17.7 Å². The van der Waals surface area contributed by atoms with Gasteiger partial charge in [-0.2, -0.15) is 5.10 Å². The second-order valence-corrected chi connectivity index (χ2v) is 19.0. The van der Waals surface area contributed by atoms with Crippen LogP contribution in [-0.4, -0.2) is 77.3 Å². The highest BCUT2D eigenvalue weighted by Gasteiger charge is 2.74. The number of aliphatic hydroxyl groups excluding tert-OH is 1. The lowest BCUT2D eigenvalue weighted by Gasteiger charge is -2.64. The molecule has 302 valence electrons. The van der Waals surface area contributed by atoms with E-state index >= 15 is 0 Å². The van der Waals surface area contributed by atoms with Gasteiger partial charge in [-0.25, -0.2) is 14.0 Å². The molecular formula is C42H52BrN3O10. The standard InChI is InChI=1S/C42H52BrN3O10/c1-23(47)56-37(2,3)17-16-31(49)42(9,54)34-28(48)19-39(6)30-15-14-26-27(41(30,8)32(50)20-40(34,39)7)18-29(35(52)38(26,4)5)55-33(51)21-46-36(53)45(22-44-46)25-12-10-24(43)11-13-25/h10-14,16-17,22,27-30,34,48,54H,15,18-21H2,1-9H3/b17-16+/t27-,28-,29+,30+,34+,39+,40-,41+,42+/m1/s1. The molecule has 1 heterocycles. The molecular weight excluding hydrogens is 786 g/mol. The smallest absolute Gasteiger partial charge is 0.350 e. The van der Waals surface area contributed by atoms with Crippen molar-refractivity contribution in [3.8, 4) is 5.69 Å². The number of carbonyl (C=O) groups excluding carboxylic acids is 5. The van der Waals surface area contributed by atoms with Crippen LogP contribution in [0.1, 0.15) is 88.0 Å². The number of ketones is 3. The van der Waals surface area contributed by atoms with Gasteiger partial charge in [-0.3, -0.25) is 24.0 Å². The van der Waals surface area contributed by atoms with Crippen LogP contribution in [0.5, 0.6) is 0 Å². The fourth-order valence-electron chi connectivity index (χ4n) is 11.0. The minimum atomic E-state index is -2.08. The Labute approximate surface area is 334 Å². The highest BCUT2D eigenvalue weighted by atomic mass is 79.9. The second kappa shape index (κ2) is 13.8. The van der Waals surface area contributed by atoms with E-state index in [2.05, 4.69) is 21.0 Å². The van der Waals surface area contributed by atoms with Crippen molar-refractivity contribution in [2.45, 2.75) is 118 Å². The number of Topliss-reactive ketones (excluding diaryl/α,β-unsaturated/α-hetero) is 2. The molecule has 14 heteroatoms. The molecule has 13 nitrogen and oxygen atoms in total. The number of fused-ring (bicyclic) bond motifs is 5. The van der Waals surface area contributed by atoms with Gasteiger partial charge in [-0.05, 0) is 113 Å². The van der Waals surface area contributed by atoms with Gasteiger partial charge in [0, 0.05) is 34.6 Å². The van der Waals surface area contributed by atoms with Crippen LogP contribution in [0.4, 0.5) is 0 Å². The molecule has 4 aliphatic carbocycles. The van der Waals surface area contributed by atoms with Crippen LogP contribution in [0.15, 0.2) is 63.7 Å². The first-order valence-electron chi connectivity index (χ1n) is 19.0. The minimum Gasteiger partial charge on any atom is -0.456 e. The number of rotatable bonds is 9. The van der Waals surface area contributed by atoms with Gasteiger partial charge < -0.3 is 19.7 Å². The minimum absolute atomic E-state index is 0.0448. The van der Waals surface area contributed by atoms with E-state index < -0.39 is 86.9 Å². The van der Waals surface area contributed by atoms with E-state index in [4.69, 9.17) is 9.47 Å². The van der Waals surface area contributed by atoms with E-state index in [0.29, 0.717) is 12.1 Å². The number of allylic oxidation sites excluding steroid dienone is 2. The highest BCUT2D eigenvalue weighted by Crippen LogP contribution is 2.74. The average molecular weight is 839 g/mol. The molecule has 9 atom stereocenters. The summed E-state index contributed by atoms with van der Waals surface area (Å²) in [5.74, 6) is -4.33. The third kappa shape index (κ3) is 6.49. The van der Waals surface area contributed by atoms with E-state index in [1.54, 1.807) is 52.0 Å². The van der Waals surface area contributed by atoms with Crippen molar-refractivity contribution in [3.05, 3.63) is 69.4 Å². The molecule has 4 aliphatic rings. The molecule has 6 rings (SSSR count). The largest absolute Gasteiger partial charge is 0.456 e. The number of aliphatic hydroxyl groups is 2. The van der Waals surface area contributed by atoms with Crippen LogP contribution in [0.2, 0.25) is 0 Å². The molecule has 3 saturated carbocycles. The average Bonchev–Trinajstić information content (AvgIpc) is 3.54. The van der Waals surface area contributed by atoms with Crippen LogP contribution >= 0.6 is 15.9 Å². The fourth-order valence-corrected chi connectivity index (χ4v) is 11.3. The monoisotopic (exact) mass is 837 g/mol. The van der Waals surface area contributed by atoms with Gasteiger partial charge in [0.1, 0.15) is 29.9 Å². The summed E-state index contributed by atoms with van der Waals surface area (Å²) in [6, 6.07) is 6.99. The number of hydrogen-bond donors (Lipinski definition) is 2. The zero-order valence-corrected chi connectivity index (χ0v) is 35.0. The third-order valence-electron chi connectivity index (χ3n) is 13.9. The molecule has 0 amide bonds. The summed E-state index contributed by atoms with van der Waals surface area (Å²) in [5.41, 5.74) is -6.29. The van der Waals surface area contributed by atoms with Crippen molar-refractivity contribution in [3.63, 3.8) is 0 Å². The summed E-state index contributed by atoms with van der Waals surface area (Å²) in [5, 5.41) is 27.9. The molecule has 2 aromatic rings. The summed E-state index contributed by atoms with van der Waals surface area (Å²) in [7, 11) is 0. The van der Waals surface area contributed by atoms with E-state index in [9.17, 15) is 39.0 Å². The van der Waals surface area contributed by atoms with Crippen molar-refractivity contribution < 1.29 is 43.7 Å². The number of ether oxygens (including phenoxy) is 2. The van der Waals surface area contributed by atoms with E-state index in [1.807, 2.05) is 26.8 Å². The molecule has 0 radical (unpaired) electrons. The van der Waals surface area contributed by atoms with Crippen LogP contribution in [0, 0.1) is 39.4 Å². The lowest BCUT2D eigenvalue weighted by Crippen LogP contribution is -2.65. The lowest BCUT2D eigenvalue weighted by atomic mass is 9.38. The topological polar surface area (TPSA) is 184 Å². The van der Waals surface area contributed by atoms with Crippen LogP contribution in [0.25, 0.3) is 5.69 Å². The fraction of sp³-hybridized carbons (Fsp3) is 0.595. The molecule has 0 spiro atoms. The maximum atomic E-state index is 14.9. The number of halogens is 1. The molecule has 1 aromatic carbocycles. The Morgan fingerprint density at radius 2 is 1.68 bits per heavy atom. The molecule has 2 N–H and O–H groups in total. The van der Waals surface area contributed by atoms with Crippen molar-refractivity contribution >= 4 is 45.2 Å². The first-order chi connectivity index (χ1) is 25.8. The normalized spacial score (nSPS) is 33.5. The van der Waals surface area contributed by atoms with Gasteiger partial charge in [0.05, 0.1) is 11.8 Å². The quantitative estimate of drug-likeness (QED) is 0.200. The maximum absolute atomic E-state index is 14.9. The van der Waals surface area contributed by atoms with Gasteiger partial charge in [-0.15, -0.1) is 0 Å². The van der Waals surface area contributed by atoms with Gasteiger partial charge in [-0.1, -0.05) is 48.4 Å². The first-order valence-corrected chi connectivity index (χ1v) is 19.8. The number of nitrogens with zero attached hydrogens (tertiary/aromatic N) is 3. The number of esters is 2. The van der Waals surface area contributed by atoms with E-state index in [0.717, 1.165) is 14.7 Å². The van der Waals surface area contributed by atoms with E-state index in [-0.39, 0.29) is 36.7 Å². The summed E-state index contributed by atoms with van der Waals surface area (Å²) in [6.45, 7) is 14.7. The lowest BCUT2D eigenvalue weighted by molar-refractivity contribution is -0.185. The Morgan fingerprint density at radius 3 is 2.30 bits per heavy atom. The zero-order valence-electron chi connectivity index (χ0n) is 33.4. The Bertz CT molecular complexity index is 2110. The highest BCUT2D eigenvalue weighted by molar-refractivity contribution is 9.10. The molecule has 1 aromatic heterocycles. The van der Waals surface area contributed by atoms with Crippen molar-refractivity contribution in [2.75, 3.05) is 0 Å². The first kappa shape index (κ1) is 41.6. The van der Waals surface area contributed by atoms with Gasteiger partial charge in [0.2, 0.25) is 0 Å². The third-order valence-corrected chi connectivity index (χ3v) is 14.5.